The van der Waals surface area contributed by atoms with E-state index in [0.29, 0.717) is 11.8 Å². The molecule has 0 radical (unpaired) electrons. The maximum Gasteiger partial charge on any atom is 0.225 e. The molecular weight excluding hydrogens is 246 g/mol. The Bertz CT molecular complexity index is 346. The van der Waals surface area contributed by atoms with Gasteiger partial charge in [0, 0.05) is 18.8 Å². The van der Waals surface area contributed by atoms with E-state index in [9.17, 15) is 4.79 Å². The summed E-state index contributed by atoms with van der Waals surface area (Å²) in [6, 6.07) is 0. The van der Waals surface area contributed by atoms with Gasteiger partial charge in [0.25, 0.3) is 0 Å². The highest BCUT2D eigenvalue weighted by molar-refractivity contribution is 9.09. The Morgan fingerprint density at radius 1 is 1.57 bits per heavy atom. The van der Waals surface area contributed by atoms with Crippen LogP contribution in [0.2, 0.25) is 0 Å². The average Bonchev–Trinajstić information content (AvgIpc) is 2.33. The minimum absolute atomic E-state index is 0.0149. The summed E-state index contributed by atoms with van der Waals surface area (Å²) in [7, 11) is 1.86. The number of carbonyl (C=O) groups excluding carboxylic acids is 1. The van der Waals surface area contributed by atoms with Crippen LogP contribution in [0, 0.1) is 13.8 Å². The van der Waals surface area contributed by atoms with E-state index >= 15 is 0 Å². The second kappa shape index (κ2) is 4.59. The molecule has 0 atom stereocenters. The summed E-state index contributed by atoms with van der Waals surface area (Å²) >= 11 is 3.22. The normalized spacial score (nSPS) is 10.3. The number of rotatable bonds is 3. The molecule has 14 heavy (non-hydrogen) atoms. The van der Waals surface area contributed by atoms with Gasteiger partial charge in [-0.05, 0) is 13.8 Å². The summed E-state index contributed by atoms with van der Waals surface area (Å²) in [6.45, 7) is 3.82. The number of aromatic nitrogens is 2. The smallest absolute Gasteiger partial charge is 0.225 e. The third-order valence-electron chi connectivity index (χ3n) is 2.09. The van der Waals surface area contributed by atoms with Gasteiger partial charge in [-0.3, -0.25) is 9.48 Å². The van der Waals surface area contributed by atoms with Crippen molar-refractivity contribution in [2.75, 3.05) is 10.6 Å². The first kappa shape index (κ1) is 11.2. The molecule has 0 bridgehead atoms. The lowest BCUT2D eigenvalue weighted by Crippen LogP contribution is -2.12. The van der Waals surface area contributed by atoms with Gasteiger partial charge in [0.2, 0.25) is 5.91 Å². The van der Waals surface area contributed by atoms with Crippen LogP contribution in [0.4, 0.5) is 5.69 Å². The Morgan fingerprint density at radius 2 is 2.21 bits per heavy atom. The highest BCUT2D eigenvalue weighted by Crippen LogP contribution is 2.18. The minimum atomic E-state index is 0.0149. The Hall–Kier alpha value is -0.840. The molecule has 0 fully saturated rings. The summed E-state index contributed by atoms with van der Waals surface area (Å²) in [6.07, 6.45) is 0.480. The van der Waals surface area contributed by atoms with Crippen LogP contribution >= 0.6 is 15.9 Å². The van der Waals surface area contributed by atoms with Crippen molar-refractivity contribution >= 4 is 27.5 Å². The zero-order chi connectivity index (χ0) is 10.7. The lowest BCUT2D eigenvalue weighted by atomic mass is 10.3. The van der Waals surface area contributed by atoms with Gasteiger partial charge in [0.1, 0.15) is 0 Å². The number of nitrogens with zero attached hydrogens (tertiary/aromatic N) is 2. The molecule has 0 saturated heterocycles. The molecule has 1 aromatic heterocycles. The van der Waals surface area contributed by atoms with Crippen molar-refractivity contribution in [3.8, 4) is 0 Å². The van der Waals surface area contributed by atoms with E-state index in [1.165, 1.54) is 0 Å². The number of carbonyl (C=O) groups is 1. The maximum absolute atomic E-state index is 11.3. The van der Waals surface area contributed by atoms with Crippen molar-refractivity contribution in [2.45, 2.75) is 20.3 Å². The fraction of sp³-hybridized carbons (Fsp3) is 0.556. The number of halogens is 1. The summed E-state index contributed by atoms with van der Waals surface area (Å²) in [4.78, 5) is 11.3. The van der Waals surface area contributed by atoms with E-state index in [0.717, 1.165) is 17.1 Å². The average molecular weight is 260 g/mol. The molecule has 1 heterocycles. The molecule has 1 rings (SSSR count). The molecule has 1 amide bonds. The van der Waals surface area contributed by atoms with E-state index < -0.39 is 0 Å². The fourth-order valence-electron chi connectivity index (χ4n) is 1.24. The molecule has 0 aliphatic heterocycles. The van der Waals surface area contributed by atoms with E-state index in [1.807, 2.05) is 20.9 Å². The standard InChI is InChI=1S/C9H14BrN3O/c1-6-9(7(2)13(3)12-6)11-8(14)4-5-10/h4-5H2,1-3H3,(H,11,14). The molecule has 5 heteroatoms. The highest BCUT2D eigenvalue weighted by atomic mass is 79.9. The quantitative estimate of drug-likeness (QED) is 0.842. The lowest BCUT2D eigenvalue weighted by Gasteiger charge is -2.03. The number of amides is 1. The van der Waals surface area contributed by atoms with Crippen LogP contribution in [0.25, 0.3) is 0 Å². The molecule has 1 N–H and O–H groups in total. The number of hydrogen-bond donors (Lipinski definition) is 1. The highest BCUT2D eigenvalue weighted by Gasteiger charge is 2.11. The van der Waals surface area contributed by atoms with Crippen molar-refractivity contribution in [3.05, 3.63) is 11.4 Å². The van der Waals surface area contributed by atoms with Crippen molar-refractivity contribution < 1.29 is 4.79 Å². The van der Waals surface area contributed by atoms with Gasteiger partial charge in [-0.2, -0.15) is 5.10 Å². The second-order valence-electron chi connectivity index (χ2n) is 3.16. The van der Waals surface area contributed by atoms with Gasteiger partial charge in [-0.15, -0.1) is 0 Å². The number of nitrogens with one attached hydrogen (secondary N) is 1. The zero-order valence-electron chi connectivity index (χ0n) is 8.59. The monoisotopic (exact) mass is 259 g/mol. The second-order valence-corrected chi connectivity index (χ2v) is 3.95. The Morgan fingerprint density at radius 3 is 2.64 bits per heavy atom. The number of aryl methyl sites for hydroxylation is 2. The largest absolute Gasteiger partial charge is 0.323 e. The minimum Gasteiger partial charge on any atom is -0.323 e. The number of anilines is 1. The number of alkyl halides is 1. The molecule has 0 spiro atoms. The van der Waals surface area contributed by atoms with E-state index in [4.69, 9.17) is 0 Å². The molecule has 0 unspecified atom stereocenters. The SMILES string of the molecule is Cc1nn(C)c(C)c1NC(=O)CCBr. The number of hydrogen-bond acceptors (Lipinski definition) is 2. The van der Waals surface area contributed by atoms with Gasteiger partial charge in [-0.25, -0.2) is 0 Å². The molecule has 0 aromatic carbocycles. The van der Waals surface area contributed by atoms with Gasteiger partial charge in [-0.1, -0.05) is 15.9 Å². The van der Waals surface area contributed by atoms with Crippen molar-refractivity contribution in [2.24, 2.45) is 7.05 Å². The van der Waals surface area contributed by atoms with E-state index in [2.05, 4.69) is 26.3 Å². The fourth-order valence-corrected chi connectivity index (χ4v) is 1.60. The van der Waals surface area contributed by atoms with E-state index in [1.54, 1.807) is 4.68 Å². The first-order chi connectivity index (χ1) is 6.56. The molecule has 0 aliphatic carbocycles. The molecular formula is C9H14BrN3O. The summed E-state index contributed by atoms with van der Waals surface area (Å²) in [5.74, 6) is 0.0149. The van der Waals surface area contributed by atoms with Crippen LogP contribution in [0.5, 0.6) is 0 Å². The third-order valence-corrected chi connectivity index (χ3v) is 2.49. The topological polar surface area (TPSA) is 46.9 Å². The summed E-state index contributed by atoms with van der Waals surface area (Å²) in [5.41, 5.74) is 2.66. The van der Waals surface area contributed by atoms with Crippen LogP contribution in [-0.4, -0.2) is 21.0 Å². The van der Waals surface area contributed by atoms with Gasteiger partial charge in [0.05, 0.1) is 17.1 Å². The van der Waals surface area contributed by atoms with Gasteiger partial charge >= 0.3 is 0 Å². The van der Waals surface area contributed by atoms with Crippen molar-refractivity contribution in [1.82, 2.24) is 9.78 Å². The predicted octanol–water partition coefficient (Wildman–Crippen LogP) is 1.76. The molecule has 78 valence electrons. The first-order valence-electron chi connectivity index (χ1n) is 4.42. The van der Waals surface area contributed by atoms with Crippen molar-refractivity contribution in [1.29, 1.82) is 0 Å². The van der Waals surface area contributed by atoms with Crippen LogP contribution in [0.3, 0.4) is 0 Å². The third kappa shape index (κ3) is 2.35. The maximum atomic E-state index is 11.3. The van der Waals surface area contributed by atoms with Crippen LogP contribution in [0.1, 0.15) is 17.8 Å². The zero-order valence-corrected chi connectivity index (χ0v) is 10.2. The van der Waals surface area contributed by atoms with Gasteiger partial charge in [0.15, 0.2) is 0 Å². The van der Waals surface area contributed by atoms with Crippen LogP contribution < -0.4 is 5.32 Å². The lowest BCUT2D eigenvalue weighted by molar-refractivity contribution is -0.115. The predicted molar refractivity (Wildman–Crippen MR) is 59.7 cm³/mol. The first-order valence-corrected chi connectivity index (χ1v) is 5.54. The van der Waals surface area contributed by atoms with Crippen molar-refractivity contribution in [3.63, 3.8) is 0 Å². The Labute approximate surface area is 91.8 Å². The Balaban J connectivity index is 2.81. The molecule has 4 nitrogen and oxygen atoms in total. The molecule has 0 aliphatic rings. The molecule has 0 saturated carbocycles. The van der Waals surface area contributed by atoms with E-state index in [-0.39, 0.29) is 5.91 Å². The molecule has 1 aromatic rings. The van der Waals surface area contributed by atoms with Crippen LogP contribution in [0.15, 0.2) is 0 Å². The summed E-state index contributed by atoms with van der Waals surface area (Å²) < 4.78 is 1.76. The Kier molecular flexibility index (Phi) is 3.69. The summed E-state index contributed by atoms with van der Waals surface area (Å²) in [5, 5.41) is 7.74. The van der Waals surface area contributed by atoms with Gasteiger partial charge < -0.3 is 5.32 Å². The van der Waals surface area contributed by atoms with Crippen LogP contribution in [-0.2, 0) is 11.8 Å².